The monoisotopic (exact) mass is 249 g/mol. The van der Waals surface area contributed by atoms with E-state index < -0.39 is 0 Å². The highest BCUT2D eigenvalue weighted by Gasteiger charge is 2.29. The third-order valence-electron chi connectivity index (χ3n) is 3.30. The first-order chi connectivity index (χ1) is 8.69. The number of benzene rings is 1. The first-order valence-electron chi connectivity index (χ1n) is 6.14. The lowest BCUT2D eigenvalue weighted by Crippen LogP contribution is -2.21. The van der Waals surface area contributed by atoms with Crippen molar-refractivity contribution in [3.05, 3.63) is 23.3 Å². The molecule has 1 aromatic rings. The Morgan fingerprint density at radius 1 is 1.28 bits per heavy atom. The Kier molecular flexibility index (Phi) is 3.75. The molecule has 1 atom stereocenters. The minimum Gasteiger partial charge on any atom is -0.493 e. The van der Waals surface area contributed by atoms with Crippen molar-refractivity contribution in [2.45, 2.75) is 25.7 Å². The van der Waals surface area contributed by atoms with Gasteiger partial charge in [-0.05, 0) is 42.5 Å². The second-order valence-electron chi connectivity index (χ2n) is 4.37. The molecule has 0 heterocycles. The molecule has 1 unspecified atom stereocenters. The fourth-order valence-corrected chi connectivity index (χ4v) is 2.38. The molecule has 0 aliphatic heterocycles. The molecule has 98 valence electrons. The number of methoxy groups -OCH3 is 2. The van der Waals surface area contributed by atoms with Gasteiger partial charge in [0.2, 0.25) is 0 Å². The number of rotatable bonds is 5. The van der Waals surface area contributed by atoms with Crippen LogP contribution in [0.2, 0.25) is 0 Å². The molecule has 2 rings (SSSR count). The van der Waals surface area contributed by atoms with Gasteiger partial charge in [-0.25, -0.2) is 0 Å². The third-order valence-corrected chi connectivity index (χ3v) is 3.30. The average molecular weight is 249 g/mol. The maximum absolute atomic E-state index is 7.70. The molecule has 4 heteroatoms. The molecule has 0 spiro atoms. The van der Waals surface area contributed by atoms with E-state index in [-0.39, 0.29) is 0 Å². The van der Waals surface area contributed by atoms with Gasteiger partial charge in [0, 0.05) is 6.42 Å². The average Bonchev–Trinajstić information content (AvgIpc) is 2.35. The molecule has 1 aromatic carbocycles. The summed E-state index contributed by atoms with van der Waals surface area (Å²) >= 11 is 0. The summed E-state index contributed by atoms with van der Waals surface area (Å²) in [6, 6.07) is 4.04. The van der Waals surface area contributed by atoms with Gasteiger partial charge in [0.15, 0.2) is 17.4 Å². The number of ether oxygens (including phenoxy) is 3. The summed E-state index contributed by atoms with van der Waals surface area (Å²) in [6.45, 7) is 2.46. The zero-order valence-corrected chi connectivity index (χ0v) is 11.1. The molecule has 0 aromatic heterocycles. The first kappa shape index (κ1) is 12.7. The first-order valence-corrected chi connectivity index (χ1v) is 6.14. The molecule has 1 aliphatic carbocycles. The van der Waals surface area contributed by atoms with Gasteiger partial charge in [0.1, 0.15) is 0 Å². The molecule has 1 aliphatic rings. The molecule has 0 saturated carbocycles. The largest absolute Gasteiger partial charge is 0.493 e. The Labute approximate surface area is 107 Å². The maximum atomic E-state index is 7.70. The Balaban J connectivity index is 2.12. The van der Waals surface area contributed by atoms with Crippen molar-refractivity contribution in [3.8, 4) is 11.5 Å². The minimum atomic E-state index is 0.364. The summed E-state index contributed by atoms with van der Waals surface area (Å²) in [4.78, 5) is 0. The molecule has 0 fully saturated rings. The molecular formula is C14H19NO3. The van der Waals surface area contributed by atoms with Crippen LogP contribution in [0.25, 0.3) is 0 Å². The fraction of sp³-hybridized carbons (Fsp3) is 0.500. The van der Waals surface area contributed by atoms with E-state index in [1.165, 1.54) is 11.1 Å². The zero-order valence-electron chi connectivity index (χ0n) is 11.1. The molecule has 0 amide bonds. The Bertz CT molecular complexity index is 457. The molecule has 1 N–H and O–H groups in total. The molecule has 0 bridgehead atoms. The number of nitrogens with one attached hydrogen (secondary N) is 1. The normalized spacial score (nSPS) is 16.5. The van der Waals surface area contributed by atoms with Crippen LogP contribution < -0.4 is 9.47 Å². The van der Waals surface area contributed by atoms with E-state index in [0.29, 0.717) is 24.8 Å². The zero-order chi connectivity index (χ0) is 13.1. The molecule has 0 radical (unpaired) electrons. The van der Waals surface area contributed by atoms with Gasteiger partial charge in [0.25, 0.3) is 0 Å². The van der Waals surface area contributed by atoms with Crippen LogP contribution in [-0.2, 0) is 11.2 Å². The van der Waals surface area contributed by atoms with Crippen molar-refractivity contribution < 1.29 is 14.2 Å². The predicted octanol–water partition coefficient (Wildman–Crippen LogP) is 2.75. The second kappa shape index (κ2) is 5.29. The van der Waals surface area contributed by atoms with Gasteiger partial charge < -0.3 is 14.2 Å². The van der Waals surface area contributed by atoms with Crippen molar-refractivity contribution in [1.82, 2.24) is 0 Å². The SMILES string of the molecule is CCOC(=N)CC1Cc2cc(OC)c(OC)cc21. The van der Waals surface area contributed by atoms with Crippen molar-refractivity contribution in [1.29, 1.82) is 5.41 Å². The van der Waals surface area contributed by atoms with Crippen molar-refractivity contribution >= 4 is 5.90 Å². The van der Waals surface area contributed by atoms with E-state index in [4.69, 9.17) is 19.6 Å². The van der Waals surface area contributed by atoms with Gasteiger partial charge in [-0.15, -0.1) is 0 Å². The van der Waals surface area contributed by atoms with Crippen molar-refractivity contribution in [2.75, 3.05) is 20.8 Å². The molecule has 4 nitrogen and oxygen atoms in total. The highest BCUT2D eigenvalue weighted by Crippen LogP contribution is 2.43. The highest BCUT2D eigenvalue weighted by molar-refractivity contribution is 5.74. The summed E-state index contributed by atoms with van der Waals surface area (Å²) in [5.74, 6) is 2.26. The van der Waals surface area contributed by atoms with Crippen molar-refractivity contribution in [3.63, 3.8) is 0 Å². The summed E-state index contributed by atoms with van der Waals surface area (Å²) in [7, 11) is 3.28. The summed E-state index contributed by atoms with van der Waals surface area (Å²) < 4.78 is 15.8. The van der Waals surface area contributed by atoms with Gasteiger partial charge in [-0.2, -0.15) is 0 Å². The fourth-order valence-electron chi connectivity index (χ4n) is 2.38. The van der Waals surface area contributed by atoms with E-state index in [0.717, 1.165) is 17.9 Å². The van der Waals surface area contributed by atoms with E-state index in [1.54, 1.807) is 14.2 Å². The van der Waals surface area contributed by atoms with E-state index in [2.05, 4.69) is 0 Å². The Morgan fingerprint density at radius 2 is 1.94 bits per heavy atom. The lowest BCUT2D eigenvalue weighted by Gasteiger charge is -2.31. The van der Waals surface area contributed by atoms with Crippen LogP contribution in [0.1, 0.15) is 30.4 Å². The van der Waals surface area contributed by atoms with Crippen LogP contribution in [0, 0.1) is 5.41 Å². The summed E-state index contributed by atoms with van der Waals surface area (Å²) in [6.07, 6.45) is 1.64. The van der Waals surface area contributed by atoms with Crippen LogP contribution in [-0.4, -0.2) is 26.7 Å². The standard InChI is InChI=1S/C14H19NO3/c1-4-18-14(15)7-10-5-9-6-12(16-2)13(17-3)8-11(9)10/h6,8,10,15H,4-5,7H2,1-3H3. The Hall–Kier alpha value is -1.71. The predicted molar refractivity (Wildman–Crippen MR) is 70.0 cm³/mol. The van der Waals surface area contributed by atoms with Crippen LogP contribution in [0.15, 0.2) is 12.1 Å². The molecule has 18 heavy (non-hydrogen) atoms. The smallest absolute Gasteiger partial charge is 0.180 e. The van der Waals surface area contributed by atoms with Gasteiger partial charge in [0.05, 0.1) is 20.8 Å². The lowest BCUT2D eigenvalue weighted by atomic mass is 9.75. The lowest BCUT2D eigenvalue weighted by molar-refractivity contribution is 0.308. The van der Waals surface area contributed by atoms with Crippen LogP contribution >= 0.6 is 0 Å². The molecule has 0 saturated heterocycles. The topological polar surface area (TPSA) is 51.5 Å². The number of fused-ring (bicyclic) bond motifs is 1. The molecular weight excluding hydrogens is 230 g/mol. The Morgan fingerprint density at radius 3 is 2.56 bits per heavy atom. The van der Waals surface area contributed by atoms with E-state index >= 15 is 0 Å². The minimum absolute atomic E-state index is 0.364. The number of hydrogen-bond acceptors (Lipinski definition) is 4. The second-order valence-corrected chi connectivity index (χ2v) is 4.37. The van der Waals surface area contributed by atoms with Gasteiger partial charge in [-0.1, -0.05) is 0 Å². The highest BCUT2D eigenvalue weighted by atomic mass is 16.5. The third kappa shape index (κ3) is 2.28. The number of hydrogen-bond donors (Lipinski definition) is 1. The quantitative estimate of drug-likeness (QED) is 0.645. The van der Waals surface area contributed by atoms with Gasteiger partial charge in [-0.3, -0.25) is 5.41 Å². The van der Waals surface area contributed by atoms with Gasteiger partial charge >= 0.3 is 0 Å². The van der Waals surface area contributed by atoms with Crippen LogP contribution in [0.5, 0.6) is 11.5 Å². The van der Waals surface area contributed by atoms with E-state index in [9.17, 15) is 0 Å². The summed E-state index contributed by atoms with van der Waals surface area (Å²) in [5, 5.41) is 7.70. The van der Waals surface area contributed by atoms with Crippen LogP contribution in [0.3, 0.4) is 0 Å². The van der Waals surface area contributed by atoms with E-state index in [1.807, 2.05) is 19.1 Å². The van der Waals surface area contributed by atoms with Crippen LogP contribution in [0.4, 0.5) is 0 Å². The summed E-state index contributed by atoms with van der Waals surface area (Å²) in [5.41, 5.74) is 2.53. The van der Waals surface area contributed by atoms with Crippen molar-refractivity contribution in [2.24, 2.45) is 0 Å². The maximum Gasteiger partial charge on any atom is 0.180 e.